The topological polar surface area (TPSA) is 29.0 Å². The molecule has 0 N–H and O–H groups in total. The van der Waals surface area contributed by atoms with Gasteiger partial charge in [0.2, 0.25) is 0 Å². The molecule has 0 saturated heterocycles. The largest absolute Gasteiger partial charge is 0.324 e. The molecule has 4 heteroatoms. The van der Waals surface area contributed by atoms with Crippen molar-refractivity contribution in [2.75, 3.05) is 4.90 Å². The number of aromatic nitrogens is 2. The fraction of sp³-hybridized carbons (Fsp3) is 0.368. The zero-order chi connectivity index (χ0) is 16.4. The molecule has 3 heterocycles. The first-order valence-corrected chi connectivity index (χ1v) is 8.29. The zero-order valence-electron chi connectivity index (χ0n) is 13.7. The molecule has 2 aromatic rings. The van der Waals surface area contributed by atoms with Crippen LogP contribution in [0.4, 0.5) is 5.82 Å². The Kier molecular flexibility index (Phi) is 2.92. The van der Waals surface area contributed by atoms with Crippen LogP contribution in [-0.2, 0) is 18.3 Å². The molecule has 1 aliphatic heterocycles. The summed E-state index contributed by atoms with van der Waals surface area (Å²) < 4.78 is 0. The molecule has 4 rings (SSSR count). The normalized spacial score (nSPS) is 22.6. The van der Waals surface area contributed by atoms with Gasteiger partial charge in [-0.25, -0.2) is 4.98 Å². The van der Waals surface area contributed by atoms with E-state index in [1.807, 2.05) is 18.3 Å². The fourth-order valence-corrected chi connectivity index (χ4v) is 4.24. The minimum absolute atomic E-state index is 0.0659. The number of halogens is 1. The number of fused-ring (bicyclic) bond motifs is 3. The Labute approximate surface area is 142 Å². The average molecular weight is 326 g/mol. The number of hydrogen-bond donors (Lipinski definition) is 0. The second-order valence-electron chi connectivity index (χ2n) is 7.52. The van der Waals surface area contributed by atoms with E-state index in [0.717, 1.165) is 30.1 Å². The first-order chi connectivity index (χ1) is 10.8. The Bertz CT molecular complexity index is 822. The van der Waals surface area contributed by atoms with E-state index in [1.54, 1.807) is 6.20 Å². The molecule has 1 aliphatic carbocycles. The van der Waals surface area contributed by atoms with E-state index in [9.17, 15) is 0 Å². The first kappa shape index (κ1) is 14.7. The molecule has 0 bridgehead atoms. The van der Waals surface area contributed by atoms with Gasteiger partial charge < -0.3 is 4.90 Å². The van der Waals surface area contributed by atoms with Crippen LogP contribution in [0.1, 0.15) is 37.6 Å². The van der Waals surface area contributed by atoms with Crippen LogP contribution in [0.5, 0.6) is 0 Å². The van der Waals surface area contributed by atoms with E-state index in [0.29, 0.717) is 5.02 Å². The molecule has 0 aromatic carbocycles. The third kappa shape index (κ3) is 1.96. The van der Waals surface area contributed by atoms with E-state index in [1.165, 1.54) is 11.1 Å². The maximum absolute atomic E-state index is 6.15. The standard InChI is InChI=1S/C19H20ClN3/c1-12-19(9-13-8-14(20)11-22-16(13)10-19)15-6-5-7-21-17(15)23(12)18(2,3)4/h5-8,11H,1,9-10H2,2-4H3/t19-/m1/s1. The van der Waals surface area contributed by atoms with E-state index < -0.39 is 0 Å². The molecular weight excluding hydrogens is 306 g/mol. The summed E-state index contributed by atoms with van der Waals surface area (Å²) in [5.41, 5.74) is 4.52. The summed E-state index contributed by atoms with van der Waals surface area (Å²) in [6, 6.07) is 6.25. The van der Waals surface area contributed by atoms with E-state index in [4.69, 9.17) is 11.6 Å². The smallest absolute Gasteiger partial charge is 0.137 e. The third-order valence-corrected chi connectivity index (χ3v) is 5.20. The lowest BCUT2D eigenvalue weighted by Crippen LogP contribution is -2.42. The summed E-state index contributed by atoms with van der Waals surface area (Å²) in [7, 11) is 0. The minimum Gasteiger partial charge on any atom is -0.324 e. The van der Waals surface area contributed by atoms with Crippen molar-refractivity contribution in [3.8, 4) is 0 Å². The predicted octanol–water partition coefficient (Wildman–Crippen LogP) is 4.30. The van der Waals surface area contributed by atoms with Crippen LogP contribution in [-0.4, -0.2) is 15.5 Å². The molecular formula is C19H20ClN3. The molecule has 0 fully saturated rings. The summed E-state index contributed by atoms with van der Waals surface area (Å²) in [5, 5.41) is 0.698. The molecule has 23 heavy (non-hydrogen) atoms. The SMILES string of the molecule is C=C1N(C(C)(C)C)c2ncccc2[C@@]12Cc1cc(Cl)cnc1C2. The van der Waals surface area contributed by atoms with Gasteiger partial charge >= 0.3 is 0 Å². The fourth-order valence-electron chi connectivity index (χ4n) is 4.06. The average Bonchev–Trinajstić information content (AvgIpc) is 2.96. The molecule has 3 nitrogen and oxygen atoms in total. The van der Waals surface area contributed by atoms with Crippen LogP contribution in [0.3, 0.4) is 0 Å². The van der Waals surface area contributed by atoms with Gasteiger partial charge in [0.1, 0.15) is 5.82 Å². The number of anilines is 1. The molecule has 2 aromatic heterocycles. The monoisotopic (exact) mass is 325 g/mol. The van der Waals surface area contributed by atoms with Gasteiger partial charge in [-0.05, 0) is 44.9 Å². The highest BCUT2D eigenvalue weighted by molar-refractivity contribution is 6.30. The molecule has 0 unspecified atom stereocenters. The predicted molar refractivity (Wildman–Crippen MR) is 93.9 cm³/mol. The van der Waals surface area contributed by atoms with Crippen molar-refractivity contribution in [2.24, 2.45) is 0 Å². The molecule has 0 amide bonds. The van der Waals surface area contributed by atoms with Gasteiger partial charge in [0.15, 0.2) is 0 Å². The van der Waals surface area contributed by atoms with Crippen molar-refractivity contribution < 1.29 is 0 Å². The Morgan fingerprint density at radius 1 is 1.26 bits per heavy atom. The summed E-state index contributed by atoms with van der Waals surface area (Å²) in [5.74, 6) is 1.03. The van der Waals surface area contributed by atoms with Crippen LogP contribution in [0, 0.1) is 0 Å². The van der Waals surface area contributed by atoms with Crippen LogP contribution < -0.4 is 4.90 Å². The Morgan fingerprint density at radius 3 is 2.78 bits per heavy atom. The number of pyridine rings is 2. The molecule has 1 atom stereocenters. The maximum atomic E-state index is 6.15. The molecule has 2 aliphatic rings. The summed E-state index contributed by atoms with van der Waals surface area (Å²) in [6.07, 6.45) is 5.35. The van der Waals surface area contributed by atoms with E-state index in [2.05, 4.69) is 48.3 Å². The van der Waals surface area contributed by atoms with Gasteiger partial charge in [0.05, 0.1) is 5.02 Å². The number of rotatable bonds is 0. The van der Waals surface area contributed by atoms with Crippen molar-refractivity contribution in [2.45, 2.75) is 44.6 Å². The van der Waals surface area contributed by atoms with Gasteiger partial charge in [0, 0.05) is 46.7 Å². The molecule has 118 valence electrons. The van der Waals surface area contributed by atoms with Gasteiger partial charge in [-0.2, -0.15) is 0 Å². The molecule has 1 spiro atoms. The Hall–Kier alpha value is -1.87. The van der Waals surface area contributed by atoms with Crippen molar-refractivity contribution in [1.29, 1.82) is 0 Å². The first-order valence-electron chi connectivity index (χ1n) is 7.91. The van der Waals surface area contributed by atoms with Crippen LogP contribution in [0.2, 0.25) is 5.02 Å². The Morgan fingerprint density at radius 2 is 2.04 bits per heavy atom. The quantitative estimate of drug-likeness (QED) is 0.723. The van der Waals surface area contributed by atoms with Crippen LogP contribution >= 0.6 is 11.6 Å². The number of nitrogens with zero attached hydrogens (tertiary/aromatic N) is 3. The molecule has 0 saturated carbocycles. The van der Waals surface area contributed by atoms with Crippen molar-refractivity contribution in [1.82, 2.24) is 9.97 Å². The van der Waals surface area contributed by atoms with E-state index >= 15 is 0 Å². The summed E-state index contributed by atoms with van der Waals surface area (Å²) in [6.45, 7) is 11.1. The summed E-state index contributed by atoms with van der Waals surface area (Å²) in [4.78, 5) is 11.5. The van der Waals surface area contributed by atoms with Crippen molar-refractivity contribution in [3.63, 3.8) is 0 Å². The summed E-state index contributed by atoms with van der Waals surface area (Å²) >= 11 is 6.15. The Balaban J connectivity index is 1.90. The number of allylic oxidation sites excluding steroid dienone is 1. The van der Waals surface area contributed by atoms with Crippen LogP contribution in [0.25, 0.3) is 0 Å². The minimum atomic E-state index is -0.142. The van der Waals surface area contributed by atoms with Crippen molar-refractivity contribution >= 4 is 17.4 Å². The highest BCUT2D eigenvalue weighted by Crippen LogP contribution is 2.55. The molecule has 0 radical (unpaired) electrons. The van der Waals surface area contributed by atoms with Gasteiger partial charge in [-0.1, -0.05) is 24.2 Å². The van der Waals surface area contributed by atoms with Gasteiger partial charge in [0.25, 0.3) is 0 Å². The van der Waals surface area contributed by atoms with Gasteiger partial charge in [-0.3, -0.25) is 4.98 Å². The highest BCUT2D eigenvalue weighted by Gasteiger charge is 2.53. The maximum Gasteiger partial charge on any atom is 0.137 e. The lowest BCUT2D eigenvalue weighted by atomic mass is 9.78. The van der Waals surface area contributed by atoms with Gasteiger partial charge in [-0.15, -0.1) is 0 Å². The van der Waals surface area contributed by atoms with E-state index in [-0.39, 0.29) is 11.0 Å². The second-order valence-corrected chi connectivity index (χ2v) is 7.96. The second kappa shape index (κ2) is 4.57. The lowest BCUT2D eigenvalue weighted by molar-refractivity contribution is 0.486. The van der Waals surface area contributed by atoms with Crippen LogP contribution in [0.15, 0.2) is 42.9 Å². The third-order valence-electron chi connectivity index (χ3n) is 5.00. The zero-order valence-corrected chi connectivity index (χ0v) is 14.5. The highest BCUT2D eigenvalue weighted by atomic mass is 35.5. The lowest BCUT2D eigenvalue weighted by Gasteiger charge is -2.37. The number of hydrogen-bond acceptors (Lipinski definition) is 3. The van der Waals surface area contributed by atoms with Crippen molar-refractivity contribution in [3.05, 3.63) is 64.7 Å².